The van der Waals surface area contributed by atoms with Crippen LogP contribution in [0.25, 0.3) is 0 Å². The monoisotopic (exact) mass is 279 g/mol. The maximum atomic E-state index is 10.8. The van der Waals surface area contributed by atoms with Crippen LogP contribution in [0.2, 0.25) is 0 Å². The molecule has 1 aliphatic heterocycles. The summed E-state index contributed by atoms with van der Waals surface area (Å²) in [5.41, 5.74) is 1.00. The molecule has 6 heteroatoms. The number of non-ortho nitro benzene ring substituents is 1. The van der Waals surface area contributed by atoms with E-state index < -0.39 is 4.92 Å². The number of rotatable bonds is 5. The second-order valence-corrected chi connectivity index (χ2v) is 4.93. The Morgan fingerprint density at radius 3 is 2.70 bits per heavy atom. The molecule has 0 atom stereocenters. The lowest BCUT2D eigenvalue weighted by Crippen LogP contribution is -2.42. The number of methoxy groups -OCH3 is 1. The van der Waals surface area contributed by atoms with Crippen molar-refractivity contribution in [3.63, 3.8) is 0 Å². The van der Waals surface area contributed by atoms with Crippen molar-refractivity contribution in [3.05, 3.63) is 28.3 Å². The normalized spacial score (nSPS) is 16.2. The van der Waals surface area contributed by atoms with Crippen LogP contribution in [0.3, 0.4) is 0 Å². The van der Waals surface area contributed by atoms with E-state index in [1.165, 1.54) is 12.1 Å². The molecule has 0 aromatic heterocycles. The highest BCUT2D eigenvalue weighted by atomic mass is 16.6. The van der Waals surface area contributed by atoms with Crippen molar-refractivity contribution < 1.29 is 9.66 Å². The first-order chi connectivity index (χ1) is 9.65. The first kappa shape index (κ1) is 14.6. The highest BCUT2D eigenvalue weighted by Crippen LogP contribution is 2.33. The molecule has 0 unspecified atom stereocenters. The van der Waals surface area contributed by atoms with Gasteiger partial charge in [-0.05, 0) is 25.5 Å². The minimum absolute atomic E-state index is 0.0631. The third-order valence-corrected chi connectivity index (χ3v) is 3.70. The molecule has 1 aromatic carbocycles. The molecule has 110 valence electrons. The molecule has 6 nitrogen and oxygen atoms in total. The minimum Gasteiger partial charge on any atom is -0.494 e. The zero-order valence-corrected chi connectivity index (χ0v) is 12.0. The molecular formula is C14H21N3O3. The minimum atomic E-state index is -0.399. The van der Waals surface area contributed by atoms with Gasteiger partial charge in [0.1, 0.15) is 5.75 Å². The third-order valence-electron chi connectivity index (χ3n) is 3.70. The molecule has 0 radical (unpaired) electrons. The van der Waals surface area contributed by atoms with E-state index in [-0.39, 0.29) is 5.69 Å². The first-order valence-corrected chi connectivity index (χ1v) is 6.96. The molecule has 1 aromatic rings. The second kappa shape index (κ2) is 6.56. The molecule has 2 rings (SSSR count). The van der Waals surface area contributed by atoms with Gasteiger partial charge in [0.05, 0.1) is 23.8 Å². The van der Waals surface area contributed by atoms with Crippen molar-refractivity contribution in [2.75, 3.05) is 31.6 Å². The zero-order valence-electron chi connectivity index (χ0n) is 12.0. The van der Waals surface area contributed by atoms with E-state index in [1.54, 1.807) is 13.2 Å². The van der Waals surface area contributed by atoms with Crippen LogP contribution >= 0.6 is 0 Å². The summed E-state index contributed by atoms with van der Waals surface area (Å²) in [6.07, 6.45) is 2.15. The average molecular weight is 279 g/mol. The van der Waals surface area contributed by atoms with Crippen LogP contribution in [-0.2, 0) is 0 Å². The smallest absolute Gasteiger partial charge is 0.273 e. The van der Waals surface area contributed by atoms with E-state index in [0.29, 0.717) is 11.8 Å². The Balaban J connectivity index is 2.11. The zero-order chi connectivity index (χ0) is 14.5. The number of anilines is 1. The van der Waals surface area contributed by atoms with E-state index in [1.807, 2.05) is 0 Å². The molecule has 1 aliphatic rings. The van der Waals surface area contributed by atoms with E-state index in [2.05, 4.69) is 17.1 Å². The van der Waals surface area contributed by atoms with Crippen LogP contribution in [0.4, 0.5) is 11.4 Å². The van der Waals surface area contributed by atoms with Crippen LogP contribution in [0, 0.1) is 10.1 Å². The van der Waals surface area contributed by atoms with Crippen molar-refractivity contribution in [2.45, 2.75) is 25.8 Å². The molecule has 0 saturated carbocycles. The van der Waals surface area contributed by atoms with Gasteiger partial charge in [0, 0.05) is 25.2 Å². The maximum absolute atomic E-state index is 10.8. The second-order valence-electron chi connectivity index (χ2n) is 4.93. The van der Waals surface area contributed by atoms with E-state index in [9.17, 15) is 10.1 Å². The molecule has 0 bridgehead atoms. The summed E-state index contributed by atoms with van der Waals surface area (Å²) in [6.45, 7) is 4.98. The summed E-state index contributed by atoms with van der Waals surface area (Å²) < 4.78 is 5.30. The Labute approximate surface area is 118 Å². The standard InChI is InChI=1S/C14H21N3O3/c1-3-15-11-6-8-16(9-7-11)13-5-4-12(17(18)19)10-14(13)20-2/h4-5,10-11,15H,3,6-9H2,1-2H3. The summed E-state index contributed by atoms with van der Waals surface area (Å²) in [5.74, 6) is 0.570. The fraction of sp³-hybridized carbons (Fsp3) is 0.571. The number of piperidine rings is 1. The lowest BCUT2D eigenvalue weighted by atomic mass is 10.0. The van der Waals surface area contributed by atoms with Gasteiger partial charge in [-0.1, -0.05) is 6.92 Å². The molecular weight excluding hydrogens is 258 g/mol. The van der Waals surface area contributed by atoms with Gasteiger partial charge in [0.25, 0.3) is 5.69 Å². The van der Waals surface area contributed by atoms with Gasteiger partial charge in [-0.2, -0.15) is 0 Å². The van der Waals surface area contributed by atoms with Gasteiger partial charge in [-0.3, -0.25) is 10.1 Å². The van der Waals surface area contributed by atoms with Gasteiger partial charge in [0.2, 0.25) is 0 Å². The van der Waals surface area contributed by atoms with Crippen molar-refractivity contribution >= 4 is 11.4 Å². The number of nitrogens with one attached hydrogen (secondary N) is 1. The van der Waals surface area contributed by atoms with Crippen LogP contribution in [0.15, 0.2) is 18.2 Å². The summed E-state index contributed by atoms with van der Waals surface area (Å²) >= 11 is 0. The summed E-state index contributed by atoms with van der Waals surface area (Å²) in [6, 6.07) is 5.38. The predicted molar refractivity (Wildman–Crippen MR) is 78.6 cm³/mol. The van der Waals surface area contributed by atoms with Crippen LogP contribution in [0.1, 0.15) is 19.8 Å². The fourth-order valence-electron chi connectivity index (χ4n) is 2.65. The predicted octanol–water partition coefficient (Wildman–Crippen LogP) is 2.18. The Bertz CT molecular complexity index is 471. The van der Waals surface area contributed by atoms with Crippen LogP contribution < -0.4 is 15.0 Å². The number of benzene rings is 1. The van der Waals surface area contributed by atoms with E-state index >= 15 is 0 Å². The van der Waals surface area contributed by atoms with Crippen molar-refractivity contribution in [2.24, 2.45) is 0 Å². The third kappa shape index (κ3) is 3.19. The molecule has 0 amide bonds. The fourth-order valence-corrected chi connectivity index (χ4v) is 2.65. The molecule has 1 N–H and O–H groups in total. The summed E-state index contributed by atoms with van der Waals surface area (Å²) in [7, 11) is 1.55. The highest BCUT2D eigenvalue weighted by molar-refractivity contribution is 5.62. The first-order valence-electron chi connectivity index (χ1n) is 6.96. The molecule has 1 heterocycles. The van der Waals surface area contributed by atoms with Gasteiger partial charge in [-0.25, -0.2) is 0 Å². The number of ether oxygens (including phenoxy) is 1. The highest BCUT2D eigenvalue weighted by Gasteiger charge is 2.22. The maximum Gasteiger partial charge on any atom is 0.273 e. The summed E-state index contributed by atoms with van der Waals surface area (Å²) in [4.78, 5) is 12.6. The average Bonchev–Trinajstić information content (AvgIpc) is 2.47. The SMILES string of the molecule is CCNC1CCN(c2ccc([N+](=O)[O-])cc2OC)CC1. The lowest BCUT2D eigenvalue weighted by Gasteiger charge is -2.34. The van der Waals surface area contributed by atoms with Gasteiger partial charge >= 0.3 is 0 Å². The Morgan fingerprint density at radius 2 is 2.15 bits per heavy atom. The molecule has 1 fully saturated rings. The van der Waals surface area contributed by atoms with Crippen molar-refractivity contribution in [3.8, 4) is 5.75 Å². The topological polar surface area (TPSA) is 67.6 Å². The van der Waals surface area contributed by atoms with E-state index in [0.717, 1.165) is 38.2 Å². The van der Waals surface area contributed by atoms with Gasteiger partial charge < -0.3 is 15.0 Å². The van der Waals surface area contributed by atoms with Gasteiger partial charge in [-0.15, -0.1) is 0 Å². The van der Waals surface area contributed by atoms with Gasteiger partial charge in [0.15, 0.2) is 0 Å². The number of nitro benzene ring substituents is 1. The Hall–Kier alpha value is -1.82. The number of hydrogen-bond donors (Lipinski definition) is 1. The molecule has 20 heavy (non-hydrogen) atoms. The Morgan fingerprint density at radius 1 is 1.45 bits per heavy atom. The Kier molecular flexibility index (Phi) is 4.79. The quantitative estimate of drug-likeness (QED) is 0.661. The molecule has 0 aliphatic carbocycles. The van der Waals surface area contributed by atoms with Crippen LogP contribution in [-0.4, -0.2) is 37.7 Å². The van der Waals surface area contributed by atoms with Crippen molar-refractivity contribution in [1.82, 2.24) is 5.32 Å². The largest absolute Gasteiger partial charge is 0.494 e. The number of hydrogen-bond acceptors (Lipinski definition) is 5. The number of nitro groups is 1. The molecule has 0 spiro atoms. The van der Waals surface area contributed by atoms with E-state index in [4.69, 9.17) is 4.74 Å². The lowest BCUT2D eigenvalue weighted by molar-refractivity contribution is -0.384. The molecule has 1 saturated heterocycles. The van der Waals surface area contributed by atoms with Crippen molar-refractivity contribution in [1.29, 1.82) is 0 Å². The number of nitrogens with zero attached hydrogens (tertiary/aromatic N) is 2. The summed E-state index contributed by atoms with van der Waals surface area (Å²) in [5, 5.41) is 14.3. The van der Waals surface area contributed by atoms with Crippen LogP contribution in [0.5, 0.6) is 5.75 Å².